The highest BCUT2D eigenvalue weighted by Crippen LogP contribution is 2.24. The summed E-state index contributed by atoms with van der Waals surface area (Å²) in [6, 6.07) is 28.8. The summed E-state index contributed by atoms with van der Waals surface area (Å²) >= 11 is 6.38. The number of nitrogens with two attached hydrogens (primary N) is 2. The molecule has 6 aromatic rings. The molecule has 31 heteroatoms. The maximum Gasteiger partial charge on any atom is 0.245 e. The zero-order valence-corrected chi connectivity index (χ0v) is 74.3. The van der Waals surface area contributed by atoms with Gasteiger partial charge in [0.1, 0.15) is 60.4 Å². The second-order valence-corrected chi connectivity index (χ2v) is 34.0. The summed E-state index contributed by atoms with van der Waals surface area (Å²) in [5.74, 6) is -9.48. The standard InChI is InChI=1S/C95H131ClN16O14/c1-6-7-8-9-10-11-12-13-14-15-16-17-21-32-84(115)103-77(59-70-37-42-71-28-22-23-29-72(71)54-70)87(118)106-79(57-67-38-43-73(96)44-39-67)89(120)107-78(55-65-26-19-18-20-27-65)91(122)110-82(61-113)92(123)109-81(56-66-33-35-69(36-34-66)60-111-49-51-126-52-50-111)90(121)108-80(58-68-40-45-74(46-41-68)102-64(5)114)88(119)105-76(53-62(2)3)86(117)104-75(30-24-47-100-95(98)99)94(125)112-48-25-31-83(112)93(124)101-63(4)85(97)116/h18-20,22-23,26-29,33-46,54,62-63,75-83,113H,6-17,21,24-25,30-32,47-53,55-61H2,1-5H3,(H2,97,116)(H,101,124)(H,102,114)(H,103,115)(H,104,117)(H,105,119)(H,106,118)(H,107,120)(H,108,121)(H,109,123)(H,110,122)(H4,98,99,100)/t63-,75+,76+,77-,78-,79-,80-,81+,82+,83+/m1/s1. The van der Waals surface area contributed by atoms with Crippen LogP contribution < -0.4 is 70.0 Å². The summed E-state index contributed by atoms with van der Waals surface area (Å²) in [4.78, 5) is 177. The van der Waals surface area contributed by atoms with Crippen LogP contribution >= 0.6 is 11.6 Å². The molecule has 2 heterocycles. The number of anilines is 1. The summed E-state index contributed by atoms with van der Waals surface area (Å²) in [6.45, 7) is 10.9. The van der Waals surface area contributed by atoms with Crippen LogP contribution in [-0.4, -0.2) is 198 Å². The Hall–Kier alpha value is -11.3. The number of guanidine groups is 1. The third-order valence-corrected chi connectivity index (χ3v) is 22.9. The van der Waals surface area contributed by atoms with Crippen molar-refractivity contribution in [2.24, 2.45) is 17.4 Å². The number of halogens is 1. The molecule has 0 aliphatic carbocycles. The fourth-order valence-electron chi connectivity index (χ4n) is 15.6. The van der Waals surface area contributed by atoms with Crippen molar-refractivity contribution < 1.29 is 67.4 Å². The van der Waals surface area contributed by atoms with Gasteiger partial charge in [0.25, 0.3) is 0 Å². The summed E-state index contributed by atoms with van der Waals surface area (Å²) in [7, 11) is 0. The van der Waals surface area contributed by atoms with Gasteiger partial charge < -0.3 is 84.7 Å². The molecule has 2 aliphatic rings. The number of ether oxygens (including phenoxy) is 1. The predicted molar refractivity (Wildman–Crippen MR) is 487 cm³/mol. The van der Waals surface area contributed by atoms with Crippen molar-refractivity contribution in [2.75, 3.05) is 51.3 Å². The monoisotopic (exact) mass is 1750 g/mol. The number of rotatable bonds is 53. The van der Waals surface area contributed by atoms with Crippen LogP contribution in [-0.2, 0) is 101 Å². The van der Waals surface area contributed by atoms with Gasteiger partial charge in [0.2, 0.25) is 70.9 Å². The second kappa shape index (κ2) is 53.2. The molecule has 8 rings (SSSR count). The zero-order valence-electron chi connectivity index (χ0n) is 73.5. The van der Waals surface area contributed by atoms with E-state index in [2.05, 4.69) is 70.3 Å². The molecule has 2 fully saturated rings. The number of nitrogens with zero attached hydrogens (tertiary/aromatic N) is 2. The molecule has 30 nitrogen and oxygen atoms in total. The van der Waals surface area contributed by atoms with E-state index in [-0.39, 0.29) is 101 Å². The van der Waals surface area contributed by atoms with Crippen molar-refractivity contribution >= 4 is 105 Å². The largest absolute Gasteiger partial charge is 0.394 e. The first-order valence-corrected chi connectivity index (χ1v) is 45.0. The topological polar surface area (TPSA) is 449 Å². The molecule has 2 saturated heterocycles. The molecule has 6 aromatic carbocycles. The lowest BCUT2D eigenvalue weighted by atomic mass is 9.99. The van der Waals surface area contributed by atoms with E-state index in [1.165, 1.54) is 70.1 Å². The molecule has 682 valence electrons. The second-order valence-electron chi connectivity index (χ2n) is 33.6. The molecule has 0 spiro atoms. The van der Waals surface area contributed by atoms with Gasteiger partial charge in [-0.3, -0.25) is 67.8 Å². The maximum absolute atomic E-state index is 15.6. The number of nitrogens with one attached hydrogen (secondary N) is 12. The molecule has 0 unspecified atom stereocenters. The van der Waals surface area contributed by atoms with E-state index in [1.807, 2.05) is 54.6 Å². The van der Waals surface area contributed by atoms with Crippen LogP contribution in [0.4, 0.5) is 5.69 Å². The van der Waals surface area contributed by atoms with Crippen molar-refractivity contribution in [3.05, 3.63) is 184 Å². The lowest BCUT2D eigenvalue weighted by molar-refractivity contribution is -0.142. The molecule has 10 atom stereocenters. The van der Waals surface area contributed by atoms with Crippen molar-refractivity contribution in [3.8, 4) is 0 Å². The van der Waals surface area contributed by atoms with E-state index >= 15 is 28.8 Å². The Balaban J connectivity index is 1.06. The number of hydrogen-bond acceptors (Lipinski definition) is 16. The van der Waals surface area contributed by atoms with Crippen molar-refractivity contribution in [1.29, 1.82) is 5.41 Å². The Labute approximate surface area is 745 Å². The lowest BCUT2D eigenvalue weighted by Gasteiger charge is -2.31. The quantitative estimate of drug-likeness (QED) is 0.0100. The number of unbranched alkanes of at least 4 members (excludes halogenated alkanes) is 12. The Bertz CT molecular complexity index is 4540. The van der Waals surface area contributed by atoms with Crippen LogP contribution in [0.5, 0.6) is 0 Å². The maximum atomic E-state index is 15.6. The van der Waals surface area contributed by atoms with Gasteiger partial charge in [-0.05, 0) is 120 Å². The normalized spacial score (nSPS) is 15.5. The molecule has 17 N–H and O–H groups in total. The van der Waals surface area contributed by atoms with Gasteiger partial charge in [0.05, 0.1) is 19.8 Å². The van der Waals surface area contributed by atoms with Gasteiger partial charge in [-0.25, -0.2) is 0 Å². The van der Waals surface area contributed by atoms with Crippen LogP contribution in [0.1, 0.15) is 190 Å². The Morgan fingerprint density at radius 1 is 0.484 bits per heavy atom. The minimum absolute atomic E-state index is 0.00457. The Morgan fingerprint density at radius 2 is 0.921 bits per heavy atom. The highest BCUT2D eigenvalue weighted by Gasteiger charge is 2.41. The number of fused-ring (bicyclic) bond motifs is 1. The molecule has 0 bridgehead atoms. The predicted octanol–water partition coefficient (Wildman–Crippen LogP) is 7.44. The summed E-state index contributed by atoms with van der Waals surface area (Å²) in [5.41, 5.74) is 15.3. The van der Waals surface area contributed by atoms with Crippen LogP contribution in [0, 0.1) is 11.3 Å². The van der Waals surface area contributed by atoms with E-state index in [1.54, 1.807) is 105 Å². The smallest absolute Gasteiger partial charge is 0.245 e. The number of likely N-dealkylation sites (tertiary alicyclic amines) is 1. The Morgan fingerprint density at radius 3 is 1.44 bits per heavy atom. The van der Waals surface area contributed by atoms with Gasteiger partial charge in [-0.15, -0.1) is 0 Å². The number of amides is 12. The lowest BCUT2D eigenvalue weighted by Crippen LogP contribution is -2.62. The van der Waals surface area contributed by atoms with E-state index in [0.29, 0.717) is 78.7 Å². The molecular weight excluding hydrogens is 1620 g/mol. The van der Waals surface area contributed by atoms with Gasteiger partial charge in [0.15, 0.2) is 5.96 Å². The zero-order chi connectivity index (χ0) is 90.9. The highest BCUT2D eigenvalue weighted by molar-refractivity contribution is 6.30. The number of benzene rings is 6. The van der Waals surface area contributed by atoms with Gasteiger partial charge >= 0.3 is 0 Å². The number of aliphatic hydroxyl groups is 1. The van der Waals surface area contributed by atoms with Crippen LogP contribution in [0.25, 0.3) is 10.8 Å². The molecular formula is C95H131ClN16O14. The number of morpholine rings is 1. The van der Waals surface area contributed by atoms with Crippen molar-refractivity contribution in [2.45, 2.75) is 256 Å². The molecule has 12 amide bonds. The average Bonchev–Trinajstić information content (AvgIpc) is 1.59. The van der Waals surface area contributed by atoms with Gasteiger partial charge in [-0.2, -0.15) is 0 Å². The first-order valence-electron chi connectivity index (χ1n) is 44.6. The summed E-state index contributed by atoms with van der Waals surface area (Å²) in [6.07, 6.45) is 14.9. The third kappa shape index (κ3) is 34.9. The van der Waals surface area contributed by atoms with Crippen LogP contribution in [0.3, 0.4) is 0 Å². The fourth-order valence-corrected chi connectivity index (χ4v) is 15.7. The molecule has 0 aromatic heterocycles. The van der Waals surface area contributed by atoms with Crippen molar-refractivity contribution in [3.63, 3.8) is 0 Å². The number of carbonyl (C=O) groups excluding carboxylic acids is 12. The molecule has 0 radical (unpaired) electrons. The fraction of sp³-hybridized carbons (Fsp3) is 0.505. The number of primary amides is 1. The SMILES string of the molecule is CCCCCCCCCCCCCCCC(=O)N[C@H](Cc1ccc2ccccc2c1)C(=O)N[C@H](Cc1ccc(Cl)cc1)C(=O)N[C@H](Cc1ccccc1)C(=O)N[C@@H](CO)C(=O)N[C@@H](Cc1ccc(CN2CCOCC2)cc1)C(=O)N[C@H](Cc1ccc(NC(C)=O)cc1)C(=O)N[C@@H](CC(C)C)C(=O)N[C@@H](CCCNC(=N)N)C(=O)N1CCC[C@H]1C(=O)N[C@H](C)C(N)=O. The number of hydrogen-bond donors (Lipinski definition) is 15. The van der Waals surface area contributed by atoms with Gasteiger partial charge in [-0.1, -0.05) is 231 Å². The third-order valence-electron chi connectivity index (χ3n) is 22.6. The summed E-state index contributed by atoms with van der Waals surface area (Å²) < 4.78 is 5.58. The number of aliphatic hydroxyl groups excluding tert-OH is 1. The first kappa shape index (κ1) is 100. The number of carbonyl (C=O) groups is 12. The minimum Gasteiger partial charge on any atom is -0.394 e. The first-order chi connectivity index (χ1) is 60.6. The highest BCUT2D eigenvalue weighted by atomic mass is 35.5. The molecule has 2 aliphatic heterocycles. The van der Waals surface area contributed by atoms with Crippen LogP contribution in [0.2, 0.25) is 5.02 Å². The average molecular weight is 1760 g/mol. The van der Waals surface area contributed by atoms with Crippen molar-refractivity contribution in [1.82, 2.24) is 63.0 Å². The Kier molecular flexibility index (Phi) is 42.3. The van der Waals surface area contributed by atoms with E-state index < -0.39 is 126 Å². The summed E-state index contributed by atoms with van der Waals surface area (Å²) in [5, 5.41) is 51.9. The molecule has 0 saturated carbocycles. The van der Waals surface area contributed by atoms with E-state index in [0.717, 1.165) is 47.6 Å². The van der Waals surface area contributed by atoms with Gasteiger partial charge in [0, 0.05) is 88.9 Å². The van der Waals surface area contributed by atoms with E-state index in [9.17, 15) is 33.9 Å². The molecule has 126 heavy (non-hydrogen) atoms. The van der Waals surface area contributed by atoms with Crippen LogP contribution in [0.15, 0.2) is 146 Å². The minimum atomic E-state index is -1.82. The van der Waals surface area contributed by atoms with E-state index in [4.69, 9.17) is 33.2 Å².